The number of fused-ring (bicyclic) bond motifs is 1. The molecule has 43 heavy (non-hydrogen) atoms. The SMILES string of the molecule is Cc1nccc(CN2CCCNC(=O)Cn3nc(C)nc3[C@H](C(C)C)NC(=O)[C@@H](Cc3ccccc3)NC(=O)CCC2)n1. The number of carbonyl (C=O) groups is 3. The van der Waals surface area contributed by atoms with Gasteiger partial charge in [-0.15, -0.1) is 0 Å². The third-order valence-electron chi connectivity index (χ3n) is 7.35. The largest absolute Gasteiger partial charge is 0.354 e. The summed E-state index contributed by atoms with van der Waals surface area (Å²) in [5, 5.41) is 13.5. The molecule has 2 aromatic heterocycles. The molecular weight excluding hydrogens is 546 g/mol. The van der Waals surface area contributed by atoms with Crippen LogP contribution in [0.15, 0.2) is 42.6 Å². The van der Waals surface area contributed by atoms with E-state index in [-0.39, 0.29) is 36.6 Å². The van der Waals surface area contributed by atoms with Gasteiger partial charge in [0.05, 0.1) is 11.7 Å². The lowest BCUT2D eigenvalue weighted by molar-refractivity contribution is -0.129. The van der Waals surface area contributed by atoms with Crippen molar-refractivity contribution in [1.29, 1.82) is 0 Å². The Balaban J connectivity index is 1.58. The highest BCUT2D eigenvalue weighted by molar-refractivity contribution is 5.88. The maximum absolute atomic E-state index is 13.8. The molecule has 0 aliphatic carbocycles. The van der Waals surface area contributed by atoms with E-state index < -0.39 is 12.1 Å². The van der Waals surface area contributed by atoms with Crippen LogP contribution >= 0.6 is 0 Å². The van der Waals surface area contributed by atoms with Gasteiger partial charge in [0.1, 0.15) is 24.2 Å². The van der Waals surface area contributed by atoms with Crippen LogP contribution in [0.1, 0.15) is 67.9 Å². The fraction of sp³-hybridized carbons (Fsp3) is 0.516. The molecule has 0 bridgehead atoms. The third-order valence-corrected chi connectivity index (χ3v) is 7.35. The number of aromatic nitrogens is 5. The van der Waals surface area contributed by atoms with Gasteiger partial charge in [-0.1, -0.05) is 44.2 Å². The summed E-state index contributed by atoms with van der Waals surface area (Å²) in [6, 6.07) is 10.2. The number of carbonyl (C=O) groups excluding carboxylic acids is 3. The minimum atomic E-state index is -0.782. The lowest BCUT2D eigenvalue weighted by atomic mass is 10.0. The molecule has 3 N–H and O–H groups in total. The maximum Gasteiger partial charge on any atom is 0.243 e. The van der Waals surface area contributed by atoms with Gasteiger partial charge in [0.25, 0.3) is 0 Å². The molecule has 0 saturated heterocycles. The number of nitrogens with one attached hydrogen (secondary N) is 3. The topological polar surface area (TPSA) is 147 Å². The van der Waals surface area contributed by atoms with Gasteiger partial charge in [-0.3, -0.25) is 19.3 Å². The van der Waals surface area contributed by atoms with Crippen LogP contribution < -0.4 is 16.0 Å². The molecule has 12 nitrogen and oxygen atoms in total. The van der Waals surface area contributed by atoms with E-state index in [4.69, 9.17) is 0 Å². The fourth-order valence-corrected chi connectivity index (χ4v) is 5.20. The number of amides is 3. The van der Waals surface area contributed by atoms with Gasteiger partial charge in [0.15, 0.2) is 5.82 Å². The second-order valence-corrected chi connectivity index (χ2v) is 11.4. The van der Waals surface area contributed by atoms with E-state index in [1.54, 1.807) is 17.8 Å². The van der Waals surface area contributed by atoms with Crippen LogP contribution in [0.2, 0.25) is 0 Å². The summed E-state index contributed by atoms with van der Waals surface area (Å²) in [6.07, 6.45) is 3.70. The number of benzene rings is 1. The molecule has 3 amide bonds. The Bertz CT molecular complexity index is 1380. The summed E-state index contributed by atoms with van der Waals surface area (Å²) >= 11 is 0. The molecular formula is C31H43N9O3. The Morgan fingerprint density at radius 2 is 1.70 bits per heavy atom. The average Bonchev–Trinajstić information content (AvgIpc) is 3.32. The van der Waals surface area contributed by atoms with Gasteiger partial charge in [-0.25, -0.2) is 19.6 Å². The van der Waals surface area contributed by atoms with Crippen LogP contribution in [-0.2, 0) is 33.9 Å². The molecule has 1 aliphatic rings. The Kier molecular flexibility index (Phi) is 11.3. The zero-order chi connectivity index (χ0) is 30.8. The summed E-state index contributed by atoms with van der Waals surface area (Å²) < 4.78 is 1.56. The fourth-order valence-electron chi connectivity index (χ4n) is 5.20. The van der Waals surface area contributed by atoms with Crippen LogP contribution in [0.4, 0.5) is 0 Å². The predicted molar refractivity (Wildman–Crippen MR) is 161 cm³/mol. The van der Waals surface area contributed by atoms with Crippen LogP contribution in [0, 0.1) is 19.8 Å². The molecule has 12 heteroatoms. The molecule has 1 aromatic carbocycles. The Hall–Kier alpha value is -4.19. The highest BCUT2D eigenvalue weighted by Gasteiger charge is 2.29. The van der Waals surface area contributed by atoms with E-state index >= 15 is 0 Å². The van der Waals surface area contributed by atoms with Crippen LogP contribution in [0.25, 0.3) is 0 Å². The molecule has 0 saturated carbocycles. The maximum atomic E-state index is 13.8. The van der Waals surface area contributed by atoms with Crippen molar-refractivity contribution in [2.24, 2.45) is 5.92 Å². The molecule has 4 rings (SSSR count). The third kappa shape index (κ3) is 9.67. The first kappa shape index (κ1) is 31.7. The lowest BCUT2D eigenvalue weighted by Crippen LogP contribution is -2.50. The van der Waals surface area contributed by atoms with Gasteiger partial charge < -0.3 is 16.0 Å². The first-order chi connectivity index (χ1) is 20.7. The Morgan fingerprint density at radius 1 is 0.930 bits per heavy atom. The zero-order valence-corrected chi connectivity index (χ0v) is 25.5. The van der Waals surface area contributed by atoms with Crippen molar-refractivity contribution in [3.05, 3.63) is 71.3 Å². The number of hydrogen-bond donors (Lipinski definition) is 3. The standard InChI is InChI=1S/C31H43N9O3/c1-21(2)29-30-35-23(4)38-40(30)20-28(42)33-14-9-17-39(19-25-13-15-32-22(3)34-25)16-8-12-27(41)36-26(31(43)37-29)18-24-10-6-5-7-11-24/h5-7,10-11,13,15,21,26,29H,8-9,12,14,16-20H2,1-4H3,(H,33,42)(H,36,41)(H,37,43)/t26-,29+/m1/s1. The lowest BCUT2D eigenvalue weighted by Gasteiger charge is -2.26. The molecule has 2 atom stereocenters. The van der Waals surface area contributed by atoms with E-state index in [0.29, 0.717) is 56.5 Å². The minimum absolute atomic E-state index is 0.0105. The highest BCUT2D eigenvalue weighted by atomic mass is 16.2. The first-order valence-electron chi connectivity index (χ1n) is 15.0. The van der Waals surface area contributed by atoms with Crippen molar-refractivity contribution in [2.45, 2.75) is 78.6 Å². The summed E-state index contributed by atoms with van der Waals surface area (Å²) in [6.45, 7) is 10.0. The molecule has 0 spiro atoms. The van der Waals surface area contributed by atoms with Crippen LogP contribution in [0.5, 0.6) is 0 Å². The van der Waals surface area contributed by atoms with E-state index in [0.717, 1.165) is 17.7 Å². The number of aryl methyl sites for hydroxylation is 2. The second-order valence-electron chi connectivity index (χ2n) is 11.4. The van der Waals surface area contributed by atoms with Crippen LogP contribution in [0.3, 0.4) is 0 Å². The van der Waals surface area contributed by atoms with Gasteiger partial charge in [-0.2, -0.15) is 5.10 Å². The van der Waals surface area contributed by atoms with Crippen molar-refractivity contribution >= 4 is 17.7 Å². The number of nitrogens with zero attached hydrogens (tertiary/aromatic N) is 6. The summed E-state index contributed by atoms with van der Waals surface area (Å²) in [5.41, 5.74) is 1.84. The Labute approximate surface area is 253 Å². The first-order valence-corrected chi connectivity index (χ1v) is 15.0. The van der Waals surface area contributed by atoms with Crippen molar-refractivity contribution < 1.29 is 14.4 Å². The second kappa shape index (κ2) is 15.3. The average molecular weight is 590 g/mol. The van der Waals surface area contributed by atoms with Crippen molar-refractivity contribution in [1.82, 2.24) is 45.6 Å². The molecule has 3 heterocycles. The summed E-state index contributed by atoms with van der Waals surface area (Å²) in [5.74, 6) is 1.02. The molecule has 0 radical (unpaired) electrons. The van der Waals surface area contributed by atoms with Gasteiger partial charge in [0.2, 0.25) is 17.7 Å². The smallest absolute Gasteiger partial charge is 0.243 e. The normalized spacial score (nSPS) is 20.0. The molecule has 0 unspecified atom stereocenters. The minimum Gasteiger partial charge on any atom is -0.354 e. The predicted octanol–water partition coefficient (Wildman–Crippen LogP) is 2.03. The van der Waals surface area contributed by atoms with Crippen molar-refractivity contribution in [3.63, 3.8) is 0 Å². The van der Waals surface area contributed by atoms with Crippen molar-refractivity contribution in [3.8, 4) is 0 Å². The van der Waals surface area contributed by atoms with E-state index in [9.17, 15) is 14.4 Å². The van der Waals surface area contributed by atoms with Gasteiger partial charge in [-0.05, 0) is 50.8 Å². The Morgan fingerprint density at radius 3 is 2.44 bits per heavy atom. The zero-order valence-electron chi connectivity index (χ0n) is 25.5. The number of hydrogen-bond acceptors (Lipinski definition) is 8. The monoisotopic (exact) mass is 589 g/mol. The van der Waals surface area contributed by atoms with Gasteiger partial charge in [0, 0.05) is 38.7 Å². The molecule has 1 aliphatic heterocycles. The van der Waals surface area contributed by atoms with E-state index in [2.05, 4.69) is 40.9 Å². The van der Waals surface area contributed by atoms with Crippen LogP contribution in [-0.4, -0.2) is 73.0 Å². The molecule has 230 valence electrons. The van der Waals surface area contributed by atoms with E-state index in [1.165, 1.54) is 0 Å². The summed E-state index contributed by atoms with van der Waals surface area (Å²) in [7, 11) is 0. The molecule has 0 fully saturated rings. The molecule has 3 aromatic rings. The number of rotatable bonds is 5. The summed E-state index contributed by atoms with van der Waals surface area (Å²) in [4.78, 5) is 55.4. The van der Waals surface area contributed by atoms with Gasteiger partial charge >= 0.3 is 0 Å². The highest BCUT2D eigenvalue weighted by Crippen LogP contribution is 2.21. The quantitative estimate of drug-likeness (QED) is 0.410. The van der Waals surface area contributed by atoms with Crippen molar-refractivity contribution in [2.75, 3.05) is 19.6 Å². The van der Waals surface area contributed by atoms with E-state index in [1.807, 2.05) is 57.2 Å².